The first-order chi connectivity index (χ1) is 8.26. The highest BCUT2D eigenvalue weighted by Gasteiger charge is 2.06. The number of rotatable bonds is 8. The number of hydrogen-bond donors (Lipinski definition) is 3. The fourth-order valence-corrected chi connectivity index (χ4v) is 2.03. The number of phenolic OH excluding ortho intramolecular Hbond substituents is 1. The van der Waals surface area contributed by atoms with Crippen molar-refractivity contribution in [2.45, 2.75) is 32.7 Å². The Morgan fingerprint density at radius 2 is 2.12 bits per heavy atom. The Balaban J connectivity index is 2.30. The summed E-state index contributed by atoms with van der Waals surface area (Å²) < 4.78 is 0. The van der Waals surface area contributed by atoms with Crippen molar-refractivity contribution < 1.29 is 10.2 Å². The summed E-state index contributed by atoms with van der Waals surface area (Å²) in [6.07, 6.45) is 3.16. The van der Waals surface area contributed by atoms with Crippen LogP contribution in [0.2, 0.25) is 0 Å². The van der Waals surface area contributed by atoms with Crippen molar-refractivity contribution in [2.24, 2.45) is 5.92 Å². The van der Waals surface area contributed by atoms with Crippen LogP contribution in [0.1, 0.15) is 31.7 Å². The molecule has 1 aromatic rings. The number of phenols is 1. The van der Waals surface area contributed by atoms with E-state index in [1.54, 1.807) is 12.1 Å². The monoisotopic (exact) mass is 237 g/mol. The average molecular weight is 237 g/mol. The van der Waals surface area contributed by atoms with Crippen molar-refractivity contribution in [3.05, 3.63) is 29.8 Å². The molecule has 1 unspecified atom stereocenters. The Kier molecular flexibility index (Phi) is 6.67. The molecule has 17 heavy (non-hydrogen) atoms. The summed E-state index contributed by atoms with van der Waals surface area (Å²) >= 11 is 0. The van der Waals surface area contributed by atoms with E-state index in [1.165, 1.54) is 0 Å². The molecule has 3 heteroatoms. The molecule has 0 amide bonds. The maximum Gasteiger partial charge on any atom is 0.115 e. The minimum atomic E-state index is 0.262. The largest absolute Gasteiger partial charge is 0.508 e. The predicted molar refractivity (Wildman–Crippen MR) is 69.9 cm³/mol. The van der Waals surface area contributed by atoms with E-state index in [9.17, 15) is 5.11 Å². The lowest BCUT2D eigenvalue weighted by atomic mass is 10.0. The molecule has 1 rings (SSSR count). The number of aliphatic hydroxyl groups excluding tert-OH is 1. The van der Waals surface area contributed by atoms with Gasteiger partial charge in [-0.25, -0.2) is 0 Å². The second-order valence-electron chi connectivity index (χ2n) is 4.47. The summed E-state index contributed by atoms with van der Waals surface area (Å²) in [7, 11) is 0. The second kappa shape index (κ2) is 8.09. The van der Waals surface area contributed by atoms with Crippen molar-refractivity contribution >= 4 is 0 Å². The minimum Gasteiger partial charge on any atom is -0.508 e. The lowest BCUT2D eigenvalue weighted by molar-refractivity contribution is 0.248. The van der Waals surface area contributed by atoms with Crippen LogP contribution in [0.25, 0.3) is 0 Å². The first-order valence-electron chi connectivity index (χ1n) is 6.35. The van der Waals surface area contributed by atoms with Gasteiger partial charge in [0.15, 0.2) is 0 Å². The van der Waals surface area contributed by atoms with Crippen molar-refractivity contribution in [1.82, 2.24) is 5.32 Å². The zero-order chi connectivity index (χ0) is 12.5. The van der Waals surface area contributed by atoms with E-state index in [2.05, 4.69) is 12.2 Å². The SMILES string of the molecule is CCCC(CCO)CNCc1cccc(O)c1. The van der Waals surface area contributed by atoms with Crippen LogP contribution in [0.15, 0.2) is 24.3 Å². The number of benzene rings is 1. The number of nitrogens with one attached hydrogen (secondary N) is 1. The molecular formula is C14H23NO2. The molecule has 1 aromatic carbocycles. The number of aliphatic hydroxyl groups is 1. The quantitative estimate of drug-likeness (QED) is 0.650. The Labute approximate surface area is 103 Å². The van der Waals surface area contributed by atoms with E-state index in [-0.39, 0.29) is 6.61 Å². The summed E-state index contributed by atoms with van der Waals surface area (Å²) in [6, 6.07) is 7.29. The molecule has 0 aliphatic carbocycles. The molecule has 0 saturated carbocycles. The van der Waals surface area contributed by atoms with Gasteiger partial charge in [-0.2, -0.15) is 0 Å². The minimum absolute atomic E-state index is 0.262. The zero-order valence-electron chi connectivity index (χ0n) is 10.5. The van der Waals surface area contributed by atoms with Gasteiger partial charge in [0, 0.05) is 13.2 Å². The average Bonchev–Trinajstić information content (AvgIpc) is 2.30. The van der Waals surface area contributed by atoms with Gasteiger partial charge < -0.3 is 15.5 Å². The summed E-state index contributed by atoms with van der Waals surface area (Å²) in [6.45, 7) is 4.11. The third-order valence-corrected chi connectivity index (χ3v) is 2.91. The highest BCUT2D eigenvalue weighted by atomic mass is 16.3. The number of hydrogen-bond acceptors (Lipinski definition) is 3. The molecule has 0 aromatic heterocycles. The Morgan fingerprint density at radius 1 is 1.29 bits per heavy atom. The molecule has 0 spiro atoms. The third-order valence-electron chi connectivity index (χ3n) is 2.91. The number of aromatic hydroxyl groups is 1. The van der Waals surface area contributed by atoms with Crippen molar-refractivity contribution in [3.8, 4) is 5.75 Å². The zero-order valence-corrected chi connectivity index (χ0v) is 10.5. The molecular weight excluding hydrogens is 214 g/mol. The molecule has 3 nitrogen and oxygen atoms in total. The van der Waals surface area contributed by atoms with Gasteiger partial charge in [-0.1, -0.05) is 25.5 Å². The van der Waals surface area contributed by atoms with E-state index in [0.717, 1.165) is 37.9 Å². The molecule has 0 aliphatic rings. The highest BCUT2D eigenvalue weighted by Crippen LogP contribution is 2.12. The van der Waals surface area contributed by atoms with Crippen LogP contribution in [-0.4, -0.2) is 23.4 Å². The van der Waals surface area contributed by atoms with E-state index in [1.807, 2.05) is 12.1 Å². The highest BCUT2D eigenvalue weighted by molar-refractivity contribution is 5.26. The molecule has 0 bridgehead atoms. The van der Waals surface area contributed by atoms with Gasteiger partial charge in [0.25, 0.3) is 0 Å². The fourth-order valence-electron chi connectivity index (χ4n) is 2.03. The fraction of sp³-hybridized carbons (Fsp3) is 0.571. The molecule has 3 N–H and O–H groups in total. The molecule has 0 saturated heterocycles. The smallest absolute Gasteiger partial charge is 0.115 e. The van der Waals surface area contributed by atoms with E-state index < -0.39 is 0 Å². The van der Waals surface area contributed by atoms with Crippen LogP contribution in [0.3, 0.4) is 0 Å². The molecule has 0 aliphatic heterocycles. The van der Waals surface area contributed by atoms with Gasteiger partial charge in [-0.05, 0) is 43.0 Å². The van der Waals surface area contributed by atoms with E-state index >= 15 is 0 Å². The van der Waals surface area contributed by atoms with Gasteiger partial charge in [0.1, 0.15) is 5.75 Å². The first-order valence-corrected chi connectivity index (χ1v) is 6.35. The topological polar surface area (TPSA) is 52.5 Å². The first kappa shape index (κ1) is 14.0. The lowest BCUT2D eigenvalue weighted by Crippen LogP contribution is -2.23. The van der Waals surface area contributed by atoms with Crippen molar-refractivity contribution in [1.29, 1.82) is 0 Å². The van der Waals surface area contributed by atoms with Gasteiger partial charge in [0.2, 0.25) is 0 Å². The van der Waals surface area contributed by atoms with Crippen LogP contribution in [0, 0.1) is 5.92 Å². The molecule has 96 valence electrons. The van der Waals surface area contributed by atoms with Crippen molar-refractivity contribution in [2.75, 3.05) is 13.2 Å². The molecule has 0 heterocycles. The Bertz CT molecular complexity index is 309. The van der Waals surface area contributed by atoms with Crippen LogP contribution in [0.4, 0.5) is 0 Å². The van der Waals surface area contributed by atoms with Gasteiger partial charge >= 0.3 is 0 Å². The van der Waals surface area contributed by atoms with Crippen molar-refractivity contribution in [3.63, 3.8) is 0 Å². The predicted octanol–water partition coefficient (Wildman–Crippen LogP) is 2.28. The molecule has 0 radical (unpaired) electrons. The summed E-state index contributed by atoms with van der Waals surface area (Å²) in [5.41, 5.74) is 1.09. The van der Waals surface area contributed by atoms with Crippen LogP contribution in [-0.2, 0) is 6.54 Å². The maximum absolute atomic E-state index is 9.33. The van der Waals surface area contributed by atoms with Crippen LogP contribution in [0.5, 0.6) is 5.75 Å². The van der Waals surface area contributed by atoms with E-state index in [0.29, 0.717) is 11.7 Å². The third kappa shape index (κ3) is 5.71. The summed E-state index contributed by atoms with van der Waals surface area (Å²) in [5, 5.41) is 21.7. The van der Waals surface area contributed by atoms with Gasteiger partial charge in [0.05, 0.1) is 0 Å². The Morgan fingerprint density at radius 3 is 2.76 bits per heavy atom. The van der Waals surface area contributed by atoms with Crippen LogP contribution >= 0.6 is 0 Å². The normalized spacial score (nSPS) is 12.6. The van der Waals surface area contributed by atoms with Gasteiger partial charge in [-0.15, -0.1) is 0 Å². The van der Waals surface area contributed by atoms with Gasteiger partial charge in [-0.3, -0.25) is 0 Å². The second-order valence-corrected chi connectivity index (χ2v) is 4.47. The lowest BCUT2D eigenvalue weighted by Gasteiger charge is -2.15. The van der Waals surface area contributed by atoms with E-state index in [4.69, 9.17) is 5.11 Å². The molecule has 1 atom stereocenters. The maximum atomic E-state index is 9.33. The standard InChI is InChI=1S/C14H23NO2/c1-2-4-12(7-8-16)10-15-11-13-5-3-6-14(17)9-13/h3,5-6,9,12,15-17H,2,4,7-8,10-11H2,1H3. The summed E-state index contributed by atoms with van der Waals surface area (Å²) in [4.78, 5) is 0. The van der Waals surface area contributed by atoms with Crippen LogP contribution < -0.4 is 5.32 Å². The Hall–Kier alpha value is -1.06. The summed E-state index contributed by atoms with van der Waals surface area (Å²) in [5.74, 6) is 0.854. The molecule has 0 fully saturated rings.